The van der Waals surface area contributed by atoms with Crippen LogP contribution in [0.1, 0.15) is 17.3 Å². The van der Waals surface area contributed by atoms with Crippen LogP contribution in [-0.4, -0.2) is 10.8 Å². The van der Waals surface area contributed by atoms with Gasteiger partial charge in [-0.05, 0) is 30.5 Å². The molecular formula is C13H11NO. The maximum Gasteiger partial charge on any atom is 0.185 e. The number of rotatable bonds is 2. The van der Waals surface area contributed by atoms with Crippen molar-refractivity contribution in [3.8, 4) is 0 Å². The summed E-state index contributed by atoms with van der Waals surface area (Å²) in [5.74, 6) is 0.0382. The van der Waals surface area contributed by atoms with Crippen LogP contribution in [0, 0.1) is 0 Å². The van der Waals surface area contributed by atoms with Gasteiger partial charge in [0.05, 0.1) is 0 Å². The minimum atomic E-state index is 0.0382. The molecule has 0 saturated heterocycles. The number of hydrogen-bond donors (Lipinski definition) is 0. The first-order chi connectivity index (χ1) is 7.31. The fourth-order valence-corrected chi connectivity index (χ4v) is 1.48. The zero-order chi connectivity index (χ0) is 10.7. The van der Waals surface area contributed by atoms with Crippen molar-refractivity contribution in [2.45, 2.75) is 6.92 Å². The van der Waals surface area contributed by atoms with Crippen molar-refractivity contribution >= 4 is 16.6 Å². The van der Waals surface area contributed by atoms with E-state index in [0.717, 1.165) is 10.8 Å². The summed E-state index contributed by atoms with van der Waals surface area (Å²) < 4.78 is 0. The van der Waals surface area contributed by atoms with Crippen LogP contribution < -0.4 is 0 Å². The molecule has 1 aromatic heterocycles. The summed E-state index contributed by atoms with van der Waals surface area (Å²) in [4.78, 5) is 15.6. The lowest BCUT2D eigenvalue weighted by Gasteiger charge is -1.99. The van der Waals surface area contributed by atoms with Gasteiger partial charge in [-0.3, -0.25) is 9.78 Å². The van der Waals surface area contributed by atoms with E-state index >= 15 is 0 Å². The average molecular weight is 197 g/mol. The summed E-state index contributed by atoms with van der Waals surface area (Å²) in [6, 6.07) is 7.53. The Morgan fingerprint density at radius 3 is 2.93 bits per heavy atom. The van der Waals surface area contributed by atoms with Crippen molar-refractivity contribution in [2.75, 3.05) is 0 Å². The minimum Gasteiger partial charge on any atom is -0.289 e. The van der Waals surface area contributed by atoms with Gasteiger partial charge in [-0.25, -0.2) is 0 Å². The van der Waals surface area contributed by atoms with Crippen LogP contribution >= 0.6 is 0 Å². The Labute approximate surface area is 88.3 Å². The first kappa shape index (κ1) is 9.59. The molecule has 0 aliphatic heterocycles. The van der Waals surface area contributed by atoms with Crippen LogP contribution in [-0.2, 0) is 0 Å². The fraction of sp³-hybridized carbons (Fsp3) is 0.0769. The van der Waals surface area contributed by atoms with Crippen LogP contribution in [0.25, 0.3) is 10.8 Å². The maximum absolute atomic E-state index is 11.6. The van der Waals surface area contributed by atoms with Crippen LogP contribution in [0.4, 0.5) is 0 Å². The number of carbonyl (C=O) groups excluding carboxylic acids is 1. The molecule has 0 fully saturated rings. The van der Waals surface area contributed by atoms with E-state index in [-0.39, 0.29) is 5.78 Å². The molecule has 1 heterocycles. The van der Waals surface area contributed by atoms with Crippen LogP contribution in [0.15, 0.2) is 48.8 Å². The van der Waals surface area contributed by atoms with E-state index in [1.165, 1.54) is 0 Å². The van der Waals surface area contributed by atoms with Gasteiger partial charge in [-0.2, -0.15) is 0 Å². The van der Waals surface area contributed by atoms with Crippen molar-refractivity contribution in [1.82, 2.24) is 4.98 Å². The number of nitrogens with zero attached hydrogens (tertiary/aromatic N) is 1. The molecule has 0 amide bonds. The Morgan fingerprint density at radius 1 is 1.27 bits per heavy atom. The highest BCUT2D eigenvalue weighted by Gasteiger charge is 2.01. The number of fused-ring (bicyclic) bond motifs is 1. The van der Waals surface area contributed by atoms with E-state index in [2.05, 4.69) is 4.98 Å². The molecule has 0 N–H and O–H groups in total. The second-order valence-electron chi connectivity index (χ2n) is 3.30. The van der Waals surface area contributed by atoms with Crippen molar-refractivity contribution in [1.29, 1.82) is 0 Å². The predicted molar refractivity (Wildman–Crippen MR) is 60.9 cm³/mol. The molecule has 0 aliphatic rings. The average Bonchev–Trinajstić information content (AvgIpc) is 2.29. The Balaban J connectivity index is 2.51. The van der Waals surface area contributed by atoms with E-state index in [1.54, 1.807) is 24.5 Å². The van der Waals surface area contributed by atoms with E-state index in [0.29, 0.717) is 5.56 Å². The molecule has 0 saturated carbocycles. The molecule has 0 radical (unpaired) electrons. The smallest absolute Gasteiger partial charge is 0.185 e. The van der Waals surface area contributed by atoms with Crippen LogP contribution in [0.3, 0.4) is 0 Å². The quantitative estimate of drug-likeness (QED) is 0.547. The summed E-state index contributed by atoms with van der Waals surface area (Å²) >= 11 is 0. The van der Waals surface area contributed by atoms with Gasteiger partial charge in [0.25, 0.3) is 0 Å². The molecule has 74 valence electrons. The Bertz CT molecular complexity index is 529. The SMILES string of the molecule is C/C=C/C(=O)c1ccc2cnccc2c1. The molecule has 2 heteroatoms. The van der Waals surface area contributed by atoms with E-state index in [9.17, 15) is 4.79 Å². The molecule has 2 nitrogen and oxygen atoms in total. The largest absolute Gasteiger partial charge is 0.289 e. The van der Waals surface area contributed by atoms with Crippen LogP contribution in [0.5, 0.6) is 0 Å². The molecule has 0 atom stereocenters. The number of hydrogen-bond acceptors (Lipinski definition) is 2. The van der Waals surface area contributed by atoms with E-state index in [1.807, 2.05) is 31.2 Å². The molecule has 2 aromatic rings. The molecule has 2 rings (SSSR count). The third-order valence-corrected chi connectivity index (χ3v) is 2.24. The molecular weight excluding hydrogens is 186 g/mol. The van der Waals surface area contributed by atoms with Gasteiger partial charge in [-0.1, -0.05) is 18.2 Å². The van der Waals surface area contributed by atoms with Gasteiger partial charge in [0, 0.05) is 23.3 Å². The first-order valence-corrected chi connectivity index (χ1v) is 4.82. The zero-order valence-corrected chi connectivity index (χ0v) is 8.47. The highest BCUT2D eigenvalue weighted by Crippen LogP contribution is 2.14. The lowest BCUT2D eigenvalue weighted by Crippen LogP contribution is -1.93. The molecule has 0 spiro atoms. The molecule has 0 bridgehead atoms. The van der Waals surface area contributed by atoms with Crippen LogP contribution in [0.2, 0.25) is 0 Å². The number of carbonyl (C=O) groups is 1. The Kier molecular flexibility index (Phi) is 2.59. The highest BCUT2D eigenvalue weighted by atomic mass is 16.1. The lowest BCUT2D eigenvalue weighted by molar-refractivity contribution is 0.104. The van der Waals surface area contributed by atoms with Gasteiger partial charge < -0.3 is 0 Å². The van der Waals surface area contributed by atoms with Crippen molar-refractivity contribution < 1.29 is 4.79 Å². The van der Waals surface area contributed by atoms with Gasteiger partial charge in [0.1, 0.15) is 0 Å². The standard InChI is InChI=1S/C13H11NO/c1-2-3-13(15)11-4-5-12-9-14-7-6-10(12)8-11/h2-9H,1H3/b3-2+. The molecule has 15 heavy (non-hydrogen) atoms. The fourth-order valence-electron chi connectivity index (χ4n) is 1.48. The van der Waals surface area contributed by atoms with Gasteiger partial charge in [0.15, 0.2) is 5.78 Å². The van der Waals surface area contributed by atoms with E-state index in [4.69, 9.17) is 0 Å². The lowest BCUT2D eigenvalue weighted by atomic mass is 10.1. The van der Waals surface area contributed by atoms with Gasteiger partial charge in [-0.15, -0.1) is 0 Å². The summed E-state index contributed by atoms with van der Waals surface area (Å²) in [6.07, 6.45) is 6.84. The molecule has 1 aromatic carbocycles. The third kappa shape index (κ3) is 1.94. The zero-order valence-electron chi connectivity index (χ0n) is 8.47. The second-order valence-corrected chi connectivity index (χ2v) is 3.30. The molecule has 0 unspecified atom stereocenters. The first-order valence-electron chi connectivity index (χ1n) is 4.82. The van der Waals surface area contributed by atoms with Gasteiger partial charge >= 0.3 is 0 Å². The Morgan fingerprint density at radius 2 is 2.13 bits per heavy atom. The second kappa shape index (κ2) is 4.05. The summed E-state index contributed by atoms with van der Waals surface area (Å²) in [6.45, 7) is 1.84. The normalized spacial score (nSPS) is 11.0. The molecule has 0 aliphatic carbocycles. The predicted octanol–water partition coefficient (Wildman–Crippen LogP) is 2.99. The topological polar surface area (TPSA) is 30.0 Å². The van der Waals surface area contributed by atoms with Crippen molar-refractivity contribution in [3.05, 3.63) is 54.4 Å². The summed E-state index contributed by atoms with van der Waals surface area (Å²) in [7, 11) is 0. The third-order valence-electron chi connectivity index (χ3n) is 2.24. The number of benzene rings is 1. The maximum atomic E-state index is 11.6. The number of ketones is 1. The Hall–Kier alpha value is -1.96. The van der Waals surface area contributed by atoms with Crippen molar-refractivity contribution in [2.24, 2.45) is 0 Å². The minimum absolute atomic E-state index is 0.0382. The number of pyridine rings is 1. The number of aromatic nitrogens is 1. The van der Waals surface area contributed by atoms with Crippen molar-refractivity contribution in [3.63, 3.8) is 0 Å². The number of allylic oxidation sites excluding steroid dienone is 2. The monoisotopic (exact) mass is 197 g/mol. The highest BCUT2D eigenvalue weighted by molar-refractivity contribution is 6.06. The van der Waals surface area contributed by atoms with E-state index < -0.39 is 0 Å². The van der Waals surface area contributed by atoms with Gasteiger partial charge in [0.2, 0.25) is 0 Å². The summed E-state index contributed by atoms with van der Waals surface area (Å²) in [5, 5.41) is 2.09. The summed E-state index contributed by atoms with van der Waals surface area (Å²) in [5.41, 5.74) is 0.715.